The summed E-state index contributed by atoms with van der Waals surface area (Å²) in [5, 5.41) is 2.67. The second kappa shape index (κ2) is 7.66. The maximum absolute atomic E-state index is 13.2. The number of hydrogen-bond acceptors (Lipinski definition) is 4. The van der Waals surface area contributed by atoms with Gasteiger partial charge in [0.15, 0.2) is 0 Å². The molecule has 6 nitrogen and oxygen atoms in total. The molecule has 0 aliphatic carbocycles. The molecule has 144 valence electrons. The highest BCUT2D eigenvalue weighted by Gasteiger charge is 2.40. The molecule has 1 amide bonds. The minimum Gasteiger partial charge on any atom is -0.497 e. The average Bonchev–Trinajstić information content (AvgIpc) is 3.15. The Morgan fingerprint density at radius 3 is 2.59 bits per heavy atom. The van der Waals surface area contributed by atoms with E-state index in [2.05, 4.69) is 5.32 Å². The fourth-order valence-corrected chi connectivity index (χ4v) is 5.06. The highest BCUT2D eigenvalue weighted by molar-refractivity contribution is 7.89. The van der Waals surface area contributed by atoms with E-state index >= 15 is 0 Å². The van der Waals surface area contributed by atoms with E-state index in [9.17, 15) is 17.6 Å². The molecule has 1 fully saturated rings. The van der Waals surface area contributed by atoms with Crippen LogP contribution in [-0.4, -0.2) is 38.3 Å². The zero-order valence-corrected chi connectivity index (χ0v) is 15.9. The number of hydrogen-bond donors (Lipinski definition) is 1. The Bertz CT molecular complexity index is 945. The number of ether oxygens (including phenoxy) is 1. The molecular weight excluding hydrogens is 371 g/mol. The third kappa shape index (κ3) is 3.96. The van der Waals surface area contributed by atoms with Crippen LogP contribution in [0.25, 0.3) is 0 Å². The Kier molecular flexibility index (Phi) is 5.48. The summed E-state index contributed by atoms with van der Waals surface area (Å²) in [6, 6.07) is 9.37. The zero-order chi connectivity index (χ0) is 19.6. The van der Waals surface area contributed by atoms with Crippen LogP contribution in [0.3, 0.4) is 0 Å². The molecule has 27 heavy (non-hydrogen) atoms. The van der Waals surface area contributed by atoms with Crippen LogP contribution in [0, 0.1) is 12.7 Å². The number of nitrogens with one attached hydrogen (secondary N) is 1. The molecule has 1 aliphatic heterocycles. The molecule has 0 spiro atoms. The van der Waals surface area contributed by atoms with Crippen molar-refractivity contribution in [1.29, 1.82) is 0 Å². The predicted octanol–water partition coefficient (Wildman–Crippen LogP) is 2.93. The van der Waals surface area contributed by atoms with Crippen LogP contribution in [-0.2, 0) is 14.8 Å². The molecule has 1 N–H and O–H groups in total. The molecule has 0 saturated carbocycles. The molecule has 1 aliphatic rings. The lowest BCUT2D eigenvalue weighted by Crippen LogP contribution is -2.43. The van der Waals surface area contributed by atoms with Gasteiger partial charge in [-0.3, -0.25) is 4.79 Å². The van der Waals surface area contributed by atoms with E-state index in [1.807, 2.05) is 0 Å². The Morgan fingerprint density at radius 1 is 1.22 bits per heavy atom. The molecule has 1 heterocycles. The second-order valence-electron chi connectivity index (χ2n) is 6.40. The Balaban J connectivity index is 1.86. The standard InChI is InChI=1S/C19H21FN2O4S/c1-13-5-10-16(26-2)12-18(13)27(24,25)22-11-3-4-17(22)19(23)21-15-8-6-14(20)7-9-15/h5-10,12,17H,3-4,11H2,1-2H3,(H,21,23). The zero-order valence-electron chi connectivity index (χ0n) is 15.1. The number of rotatable bonds is 5. The third-order valence-corrected chi connectivity index (χ3v) is 6.65. The van der Waals surface area contributed by atoms with Crippen LogP contribution in [0.2, 0.25) is 0 Å². The summed E-state index contributed by atoms with van der Waals surface area (Å²) in [5.41, 5.74) is 1.00. The Labute approximate surface area is 158 Å². The fraction of sp³-hybridized carbons (Fsp3) is 0.316. The molecule has 8 heteroatoms. The monoisotopic (exact) mass is 392 g/mol. The number of methoxy groups -OCH3 is 1. The van der Waals surface area contributed by atoms with Crippen molar-refractivity contribution in [2.45, 2.75) is 30.7 Å². The summed E-state index contributed by atoms with van der Waals surface area (Å²) < 4.78 is 45.7. The van der Waals surface area contributed by atoms with Gasteiger partial charge in [0.2, 0.25) is 15.9 Å². The van der Waals surface area contributed by atoms with Gasteiger partial charge in [0, 0.05) is 18.3 Å². The molecule has 3 rings (SSSR count). The summed E-state index contributed by atoms with van der Waals surface area (Å²) >= 11 is 0. The van der Waals surface area contributed by atoms with Gasteiger partial charge in [0.05, 0.1) is 12.0 Å². The van der Waals surface area contributed by atoms with Crippen molar-refractivity contribution in [2.75, 3.05) is 19.0 Å². The number of carbonyl (C=O) groups is 1. The van der Waals surface area contributed by atoms with Gasteiger partial charge in [-0.2, -0.15) is 4.31 Å². The van der Waals surface area contributed by atoms with E-state index in [0.29, 0.717) is 29.8 Å². The van der Waals surface area contributed by atoms with Gasteiger partial charge in [-0.1, -0.05) is 6.07 Å². The third-order valence-electron chi connectivity index (χ3n) is 4.60. The minimum absolute atomic E-state index is 0.128. The number of carbonyl (C=O) groups excluding carboxylic acids is 1. The highest BCUT2D eigenvalue weighted by Crippen LogP contribution is 2.30. The van der Waals surface area contributed by atoms with Crippen LogP contribution in [0.4, 0.5) is 10.1 Å². The van der Waals surface area contributed by atoms with Crippen LogP contribution in [0.1, 0.15) is 18.4 Å². The molecule has 0 bridgehead atoms. The van der Waals surface area contributed by atoms with Crippen molar-refractivity contribution < 1.29 is 22.3 Å². The first kappa shape index (κ1) is 19.3. The maximum atomic E-state index is 13.2. The average molecular weight is 392 g/mol. The lowest BCUT2D eigenvalue weighted by molar-refractivity contribution is -0.119. The SMILES string of the molecule is COc1ccc(C)c(S(=O)(=O)N2CCCC2C(=O)Nc2ccc(F)cc2)c1. The van der Waals surface area contributed by atoms with Gasteiger partial charge in [-0.05, 0) is 55.7 Å². The number of nitrogens with zero attached hydrogens (tertiary/aromatic N) is 1. The molecule has 2 aromatic rings. The van der Waals surface area contributed by atoms with E-state index in [1.165, 1.54) is 41.7 Å². The van der Waals surface area contributed by atoms with Crippen molar-refractivity contribution in [3.05, 3.63) is 53.8 Å². The number of halogens is 1. The van der Waals surface area contributed by atoms with E-state index in [4.69, 9.17) is 4.74 Å². The Morgan fingerprint density at radius 2 is 1.93 bits per heavy atom. The summed E-state index contributed by atoms with van der Waals surface area (Å²) in [5.74, 6) is -0.402. The number of anilines is 1. The largest absolute Gasteiger partial charge is 0.497 e. The van der Waals surface area contributed by atoms with Crippen LogP contribution in [0.15, 0.2) is 47.4 Å². The van der Waals surface area contributed by atoms with E-state index < -0.39 is 27.8 Å². The number of sulfonamides is 1. The molecule has 0 radical (unpaired) electrons. The number of benzene rings is 2. The molecule has 1 saturated heterocycles. The predicted molar refractivity (Wildman–Crippen MR) is 99.7 cm³/mol. The van der Waals surface area contributed by atoms with Gasteiger partial charge in [-0.25, -0.2) is 12.8 Å². The highest BCUT2D eigenvalue weighted by atomic mass is 32.2. The van der Waals surface area contributed by atoms with Crippen LogP contribution < -0.4 is 10.1 Å². The van der Waals surface area contributed by atoms with Gasteiger partial charge in [0.1, 0.15) is 17.6 Å². The van der Waals surface area contributed by atoms with Crippen LogP contribution in [0.5, 0.6) is 5.75 Å². The number of aryl methyl sites for hydroxylation is 1. The van der Waals surface area contributed by atoms with Crippen molar-refractivity contribution in [2.24, 2.45) is 0 Å². The van der Waals surface area contributed by atoms with E-state index in [1.54, 1.807) is 19.1 Å². The first-order valence-corrected chi connectivity index (χ1v) is 10.00. The molecule has 0 aromatic heterocycles. The summed E-state index contributed by atoms with van der Waals surface area (Å²) in [6.07, 6.45) is 1.01. The van der Waals surface area contributed by atoms with Gasteiger partial charge >= 0.3 is 0 Å². The van der Waals surface area contributed by atoms with Crippen molar-refractivity contribution >= 4 is 21.6 Å². The fourth-order valence-electron chi connectivity index (χ4n) is 3.16. The van der Waals surface area contributed by atoms with Crippen molar-refractivity contribution in [3.63, 3.8) is 0 Å². The smallest absolute Gasteiger partial charge is 0.244 e. The van der Waals surface area contributed by atoms with Crippen molar-refractivity contribution in [1.82, 2.24) is 4.31 Å². The summed E-state index contributed by atoms with van der Waals surface area (Å²) in [4.78, 5) is 12.8. The van der Waals surface area contributed by atoms with Gasteiger partial charge < -0.3 is 10.1 Å². The van der Waals surface area contributed by atoms with E-state index in [-0.39, 0.29) is 11.4 Å². The maximum Gasteiger partial charge on any atom is 0.244 e. The minimum atomic E-state index is -3.86. The first-order valence-electron chi connectivity index (χ1n) is 8.56. The van der Waals surface area contributed by atoms with Crippen LogP contribution >= 0.6 is 0 Å². The number of amides is 1. The normalized spacial score (nSPS) is 17.7. The molecular formula is C19H21FN2O4S. The molecule has 1 atom stereocenters. The topological polar surface area (TPSA) is 75.7 Å². The molecule has 1 unspecified atom stereocenters. The molecule has 2 aromatic carbocycles. The first-order chi connectivity index (χ1) is 12.8. The van der Waals surface area contributed by atoms with E-state index in [0.717, 1.165) is 0 Å². The lowest BCUT2D eigenvalue weighted by Gasteiger charge is -2.24. The summed E-state index contributed by atoms with van der Waals surface area (Å²) in [7, 11) is -2.39. The van der Waals surface area contributed by atoms with Crippen molar-refractivity contribution in [3.8, 4) is 5.75 Å². The Hall–Kier alpha value is -2.45. The van der Waals surface area contributed by atoms with Gasteiger partial charge in [-0.15, -0.1) is 0 Å². The second-order valence-corrected chi connectivity index (χ2v) is 8.26. The quantitative estimate of drug-likeness (QED) is 0.849. The summed E-state index contributed by atoms with van der Waals surface area (Å²) in [6.45, 7) is 1.97. The lowest BCUT2D eigenvalue weighted by atomic mass is 10.2. The van der Waals surface area contributed by atoms with Gasteiger partial charge in [0.25, 0.3) is 0 Å².